The van der Waals surface area contributed by atoms with Crippen molar-refractivity contribution >= 4 is 11.7 Å². The van der Waals surface area contributed by atoms with E-state index in [1.165, 1.54) is 5.56 Å². The highest BCUT2D eigenvalue weighted by Gasteiger charge is 2.24. The average molecular weight is 339 g/mol. The largest absolute Gasteiger partial charge is 0.493 e. The molecule has 1 atom stereocenters. The second-order valence-electron chi connectivity index (χ2n) is 6.31. The fraction of sp³-hybridized carbons (Fsp3) is 0.400. The van der Waals surface area contributed by atoms with E-state index >= 15 is 0 Å². The molecule has 1 aliphatic heterocycles. The molecule has 5 nitrogen and oxygen atoms in total. The van der Waals surface area contributed by atoms with Gasteiger partial charge in [-0.3, -0.25) is 4.79 Å². The maximum absolute atomic E-state index is 12.5. The molecule has 0 saturated carbocycles. The zero-order valence-electron chi connectivity index (χ0n) is 14.6. The van der Waals surface area contributed by atoms with Crippen LogP contribution in [0.25, 0.3) is 0 Å². The van der Waals surface area contributed by atoms with E-state index in [1.54, 1.807) is 0 Å². The first kappa shape index (κ1) is 17.3. The van der Waals surface area contributed by atoms with Crippen molar-refractivity contribution in [3.63, 3.8) is 0 Å². The standard InChI is InChI=1S/C20H25N3O2/c1-21-19-14-16(9-11-22-19)17-6-5-12-23(15-17)20(24)10-13-25-18-7-3-2-4-8-18/h2-4,7-9,11,14,17H,5-6,10,12-13,15H2,1H3,(H,21,22). The van der Waals surface area contributed by atoms with Crippen molar-refractivity contribution < 1.29 is 9.53 Å². The van der Waals surface area contributed by atoms with Crippen LogP contribution < -0.4 is 10.1 Å². The summed E-state index contributed by atoms with van der Waals surface area (Å²) >= 11 is 0. The first-order chi connectivity index (χ1) is 12.3. The highest BCUT2D eigenvalue weighted by atomic mass is 16.5. The SMILES string of the molecule is CNc1cc(C2CCCN(C(=O)CCOc3ccccc3)C2)ccn1. The van der Waals surface area contributed by atoms with Crippen molar-refractivity contribution in [3.05, 3.63) is 54.2 Å². The van der Waals surface area contributed by atoms with E-state index in [2.05, 4.69) is 22.4 Å². The zero-order chi connectivity index (χ0) is 17.5. The normalized spacial score (nSPS) is 17.2. The highest BCUT2D eigenvalue weighted by molar-refractivity contribution is 5.76. The molecule has 0 aliphatic carbocycles. The second kappa shape index (κ2) is 8.51. The molecule has 2 heterocycles. The Morgan fingerprint density at radius 3 is 2.96 bits per heavy atom. The van der Waals surface area contributed by atoms with E-state index in [9.17, 15) is 4.79 Å². The Balaban J connectivity index is 1.52. The summed E-state index contributed by atoms with van der Waals surface area (Å²) in [5.74, 6) is 2.23. The number of piperidine rings is 1. The lowest BCUT2D eigenvalue weighted by Crippen LogP contribution is -2.39. The van der Waals surface area contributed by atoms with E-state index < -0.39 is 0 Å². The summed E-state index contributed by atoms with van der Waals surface area (Å²) in [4.78, 5) is 18.8. The van der Waals surface area contributed by atoms with Gasteiger partial charge in [0.2, 0.25) is 5.91 Å². The van der Waals surface area contributed by atoms with Gasteiger partial charge in [0.15, 0.2) is 0 Å². The van der Waals surface area contributed by atoms with Crippen molar-refractivity contribution in [1.29, 1.82) is 0 Å². The minimum atomic E-state index is 0.170. The Kier molecular flexibility index (Phi) is 5.88. The number of aromatic nitrogens is 1. The summed E-state index contributed by atoms with van der Waals surface area (Å²) in [7, 11) is 1.87. The number of likely N-dealkylation sites (tertiary alicyclic amines) is 1. The Labute approximate surface area is 149 Å². The van der Waals surface area contributed by atoms with Crippen LogP contribution in [0.2, 0.25) is 0 Å². The number of anilines is 1. The molecule has 1 aromatic heterocycles. The summed E-state index contributed by atoms with van der Waals surface area (Å²) in [5, 5.41) is 3.08. The molecule has 1 fully saturated rings. The fourth-order valence-corrected chi connectivity index (χ4v) is 3.24. The minimum Gasteiger partial charge on any atom is -0.493 e. The van der Waals surface area contributed by atoms with Crippen molar-refractivity contribution in [2.45, 2.75) is 25.2 Å². The Bertz CT molecular complexity index is 690. The zero-order valence-corrected chi connectivity index (χ0v) is 14.6. The van der Waals surface area contributed by atoms with Crippen molar-refractivity contribution in [3.8, 4) is 5.75 Å². The molecule has 1 N–H and O–H groups in total. The number of para-hydroxylation sites is 1. The van der Waals surface area contributed by atoms with Crippen LogP contribution in [0.4, 0.5) is 5.82 Å². The first-order valence-electron chi connectivity index (χ1n) is 8.85. The highest BCUT2D eigenvalue weighted by Crippen LogP contribution is 2.28. The van der Waals surface area contributed by atoms with Gasteiger partial charge in [0, 0.05) is 32.3 Å². The lowest BCUT2D eigenvalue weighted by molar-refractivity contribution is -0.132. The number of hydrogen-bond acceptors (Lipinski definition) is 4. The fourth-order valence-electron chi connectivity index (χ4n) is 3.24. The quantitative estimate of drug-likeness (QED) is 0.877. The maximum atomic E-state index is 12.5. The Hall–Kier alpha value is -2.56. The third kappa shape index (κ3) is 4.72. The number of carbonyl (C=O) groups excluding carboxylic acids is 1. The minimum absolute atomic E-state index is 0.170. The maximum Gasteiger partial charge on any atom is 0.226 e. The summed E-state index contributed by atoms with van der Waals surface area (Å²) in [6, 6.07) is 13.8. The second-order valence-corrected chi connectivity index (χ2v) is 6.31. The summed E-state index contributed by atoms with van der Waals surface area (Å²) in [6.07, 6.45) is 4.39. The van der Waals surface area contributed by atoms with Gasteiger partial charge in [-0.15, -0.1) is 0 Å². The predicted octanol–water partition coefficient (Wildman–Crippen LogP) is 3.30. The molecule has 2 aromatic rings. The Morgan fingerprint density at radius 1 is 1.32 bits per heavy atom. The van der Waals surface area contributed by atoms with Gasteiger partial charge in [-0.25, -0.2) is 4.98 Å². The molecule has 132 valence electrons. The molecular weight excluding hydrogens is 314 g/mol. The number of nitrogens with one attached hydrogen (secondary N) is 1. The number of nitrogens with zero attached hydrogens (tertiary/aromatic N) is 2. The van der Waals surface area contributed by atoms with Crippen LogP contribution in [-0.2, 0) is 4.79 Å². The molecule has 1 unspecified atom stereocenters. The van der Waals surface area contributed by atoms with Crippen LogP contribution in [0.15, 0.2) is 48.7 Å². The summed E-state index contributed by atoms with van der Waals surface area (Å²) < 4.78 is 5.65. The molecule has 0 bridgehead atoms. The number of amides is 1. The smallest absolute Gasteiger partial charge is 0.226 e. The van der Waals surface area contributed by atoms with Gasteiger partial charge in [-0.05, 0) is 42.7 Å². The molecule has 1 aromatic carbocycles. The number of pyridine rings is 1. The van der Waals surface area contributed by atoms with Crippen LogP contribution in [0.1, 0.15) is 30.7 Å². The van der Waals surface area contributed by atoms with Gasteiger partial charge in [0.25, 0.3) is 0 Å². The van der Waals surface area contributed by atoms with Gasteiger partial charge < -0.3 is 15.0 Å². The topological polar surface area (TPSA) is 54.5 Å². The number of hydrogen-bond donors (Lipinski definition) is 1. The molecule has 25 heavy (non-hydrogen) atoms. The molecule has 0 spiro atoms. The first-order valence-corrected chi connectivity index (χ1v) is 8.85. The van der Waals surface area contributed by atoms with Crippen LogP contribution in [0.3, 0.4) is 0 Å². The van der Waals surface area contributed by atoms with E-state index in [4.69, 9.17) is 4.74 Å². The third-order valence-corrected chi connectivity index (χ3v) is 4.61. The van der Waals surface area contributed by atoms with Crippen LogP contribution in [0, 0.1) is 0 Å². The monoisotopic (exact) mass is 339 g/mol. The number of ether oxygens (including phenoxy) is 1. The molecule has 5 heteroatoms. The molecule has 1 saturated heterocycles. The van der Waals surface area contributed by atoms with E-state index in [0.717, 1.165) is 37.5 Å². The van der Waals surface area contributed by atoms with Gasteiger partial charge in [0.1, 0.15) is 11.6 Å². The van der Waals surface area contributed by atoms with Gasteiger partial charge in [-0.1, -0.05) is 18.2 Å². The lowest BCUT2D eigenvalue weighted by Gasteiger charge is -2.33. The summed E-state index contributed by atoms with van der Waals surface area (Å²) in [5.41, 5.74) is 1.25. The summed E-state index contributed by atoms with van der Waals surface area (Å²) in [6.45, 7) is 2.03. The van der Waals surface area contributed by atoms with E-state index in [1.807, 2.05) is 48.5 Å². The van der Waals surface area contributed by atoms with Gasteiger partial charge >= 0.3 is 0 Å². The van der Waals surface area contributed by atoms with Crippen molar-refractivity contribution in [2.24, 2.45) is 0 Å². The van der Waals surface area contributed by atoms with Crippen LogP contribution in [-0.4, -0.2) is 42.5 Å². The predicted molar refractivity (Wildman–Crippen MR) is 98.9 cm³/mol. The molecule has 1 amide bonds. The van der Waals surface area contributed by atoms with Gasteiger partial charge in [-0.2, -0.15) is 0 Å². The molecule has 1 aliphatic rings. The van der Waals surface area contributed by atoms with Gasteiger partial charge in [0.05, 0.1) is 13.0 Å². The van der Waals surface area contributed by atoms with Crippen molar-refractivity contribution in [2.75, 3.05) is 32.1 Å². The lowest BCUT2D eigenvalue weighted by atomic mass is 9.91. The molecule has 3 rings (SSSR count). The number of carbonyl (C=O) groups is 1. The third-order valence-electron chi connectivity index (χ3n) is 4.61. The van der Waals surface area contributed by atoms with Crippen LogP contribution >= 0.6 is 0 Å². The average Bonchev–Trinajstić information content (AvgIpc) is 2.69. The molecule has 0 radical (unpaired) electrons. The Morgan fingerprint density at radius 2 is 2.16 bits per heavy atom. The van der Waals surface area contributed by atoms with Crippen LogP contribution in [0.5, 0.6) is 5.75 Å². The van der Waals surface area contributed by atoms with Crippen molar-refractivity contribution in [1.82, 2.24) is 9.88 Å². The number of rotatable bonds is 6. The number of benzene rings is 1. The molecular formula is C20H25N3O2. The van der Waals surface area contributed by atoms with E-state index in [-0.39, 0.29) is 5.91 Å². The van der Waals surface area contributed by atoms with E-state index in [0.29, 0.717) is 18.9 Å².